The van der Waals surface area contributed by atoms with Crippen LogP contribution in [0.3, 0.4) is 0 Å². The predicted octanol–water partition coefficient (Wildman–Crippen LogP) is -4.94. The molecule has 1 atom stereocenters. The van der Waals surface area contributed by atoms with Gasteiger partial charge in [0, 0.05) is 0 Å². The molecule has 0 saturated heterocycles. The van der Waals surface area contributed by atoms with Crippen LogP contribution in [0.15, 0.2) is 0 Å². The SMILES string of the molecule is CCCCC(CC)COP(=O)([O-])[O-].[K+].[K+]. The molecule has 0 N–H and O–H groups in total. The molecule has 0 aliphatic rings. The molecule has 0 rings (SSSR count). The van der Waals surface area contributed by atoms with Crippen molar-refractivity contribution in [2.45, 2.75) is 39.5 Å². The number of hydrogen-bond acceptors (Lipinski definition) is 4. The Bertz CT molecular complexity index is 174. The molecule has 0 aliphatic heterocycles. The monoisotopic (exact) mass is 286 g/mol. The van der Waals surface area contributed by atoms with Crippen molar-refractivity contribution < 1.29 is 122 Å². The summed E-state index contributed by atoms with van der Waals surface area (Å²) in [5.41, 5.74) is 0. The Hall–Kier alpha value is 3.38. The maximum atomic E-state index is 10.2. The smallest absolute Gasteiger partial charge is 0.790 e. The van der Waals surface area contributed by atoms with Gasteiger partial charge in [0.15, 0.2) is 0 Å². The van der Waals surface area contributed by atoms with Crippen molar-refractivity contribution in [1.29, 1.82) is 0 Å². The molecule has 0 aromatic rings. The first kappa shape index (κ1) is 23.5. The van der Waals surface area contributed by atoms with Gasteiger partial charge in [-0.15, -0.1) is 0 Å². The van der Waals surface area contributed by atoms with Crippen molar-refractivity contribution in [1.82, 2.24) is 0 Å². The Kier molecular flexibility index (Phi) is 21.6. The summed E-state index contributed by atoms with van der Waals surface area (Å²) in [6, 6.07) is 0. The zero-order chi connectivity index (χ0) is 10.3. The minimum absolute atomic E-state index is 0. The van der Waals surface area contributed by atoms with E-state index >= 15 is 0 Å². The molecule has 15 heavy (non-hydrogen) atoms. The third-order valence-electron chi connectivity index (χ3n) is 2.01. The summed E-state index contributed by atoms with van der Waals surface area (Å²) in [5, 5.41) is 0. The van der Waals surface area contributed by atoms with Crippen molar-refractivity contribution >= 4 is 7.82 Å². The van der Waals surface area contributed by atoms with E-state index in [0.717, 1.165) is 25.7 Å². The molecule has 0 heterocycles. The van der Waals surface area contributed by atoms with Crippen LogP contribution in [0.1, 0.15) is 39.5 Å². The number of phosphoric acid groups is 1. The largest absolute Gasteiger partial charge is 1.00 e. The molecule has 0 aromatic carbocycles. The molecule has 1 unspecified atom stereocenters. The molecule has 0 amide bonds. The van der Waals surface area contributed by atoms with Crippen LogP contribution in [0.2, 0.25) is 0 Å². The van der Waals surface area contributed by atoms with E-state index in [4.69, 9.17) is 0 Å². The van der Waals surface area contributed by atoms with Gasteiger partial charge in [0.05, 0.1) is 14.4 Å². The first-order valence-corrected chi connectivity index (χ1v) is 6.12. The summed E-state index contributed by atoms with van der Waals surface area (Å²) in [6.07, 6.45) is 3.89. The van der Waals surface area contributed by atoms with Gasteiger partial charge in [-0.25, -0.2) is 0 Å². The van der Waals surface area contributed by atoms with Gasteiger partial charge in [-0.2, -0.15) is 0 Å². The maximum absolute atomic E-state index is 10.2. The number of phosphoric ester groups is 1. The van der Waals surface area contributed by atoms with Gasteiger partial charge in [0.2, 0.25) is 0 Å². The normalized spacial score (nSPS) is 12.5. The first-order chi connectivity index (χ1) is 5.99. The average Bonchev–Trinajstić information content (AvgIpc) is 2.03. The van der Waals surface area contributed by atoms with Crippen LogP contribution in [-0.4, -0.2) is 6.61 Å². The van der Waals surface area contributed by atoms with Gasteiger partial charge >= 0.3 is 103 Å². The van der Waals surface area contributed by atoms with E-state index in [2.05, 4.69) is 11.4 Å². The fourth-order valence-corrected chi connectivity index (χ4v) is 1.49. The number of unbranched alkanes of at least 4 members (excludes halogenated alkanes) is 1. The standard InChI is InChI=1S/C8H19O4P.2K/c1-3-5-6-8(4-2)7-12-13(9,10)11;;/h8H,3-7H2,1-2H3,(H2,9,10,11);;/q;2*+1/p-2. The molecule has 7 heteroatoms. The van der Waals surface area contributed by atoms with Gasteiger partial charge in [-0.05, 0) is 12.3 Å². The summed E-state index contributed by atoms with van der Waals surface area (Å²) < 4.78 is 14.4. The minimum atomic E-state index is -4.76. The molecule has 0 aromatic heterocycles. The Morgan fingerprint density at radius 2 is 1.80 bits per heavy atom. The van der Waals surface area contributed by atoms with E-state index in [0.29, 0.717) is 0 Å². The van der Waals surface area contributed by atoms with Crippen LogP contribution in [-0.2, 0) is 9.09 Å². The van der Waals surface area contributed by atoms with E-state index in [1.54, 1.807) is 0 Å². The third-order valence-corrected chi connectivity index (χ3v) is 2.48. The zero-order valence-corrected chi connectivity index (χ0v) is 17.3. The second-order valence-corrected chi connectivity index (χ2v) is 4.31. The molecule has 0 aliphatic carbocycles. The van der Waals surface area contributed by atoms with Gasteiger partial charge in [0.25, 0.3) is 0 Å². The average molecular weight is 286 g/mol. The van der Waals surface area contributed by atoms with Crippen LogP contribution in [0.5, 0.6) is 0 Å². The van der Waals surface area contributed by atoms with Crippen LogP contribution in [0, 0.1) is 5.92 Å². The number of rotatable bonds is 7. The predicted molar refractivity (Wildman–Crippen MR) is 46.9 cm³/mol. The molecular weight excluding hydrogens is 269 g/mol. The zero-order valence-electron chi connectivity index (χ0n) is 10.2. The second-order valence-electron chi connectivity index (χ2n) is 3.16. The first-order valence-electron chi connectivity index (χ1n) is 4.66. The van der Waals surface area contributed by atoms with Crippen molar-refractivity contribution in [3.8, 4) is 0 Å². The molecule has 0 fully saturated rings. The van der Waals surface area contributed by atoms with Crippen LogP contribution in [0.25, 0.3) is 0 Å². The fraction of sp³-hybridized carbons (Fsp3) is 1.00. The molecule has 0 saturated carbocycles. The van der Waals surface area contributed by atoms with E-state index in [9.17, 15) is 14.4 Å². The van der Waals surface area contributed by atoms with Gasteiger partial charge in [-0.1, -0.05) is 33.1 Å². The van der Waals surface area contributed by atoms with Crippen LogP contribution >= 0.6 is 7.82 Å². The molecule has 4 nitrogen and oxygen atoms in total. The third kappa shape index (κ3) is 17.4. The number of hydrogen-bond donors (Lipinski definition) is 0. The summed E-state index contributed by atoms with van der Waals surface area (Å²) in [5.74, 6) is 0.191. The Labute approximate surface area is 177 Å². The van der Waals surface area contributed by atoms with Crippen molar-refractivity contribution in [3.63, 3.8) is 0 Å². The van der Waals surface area contributed by atoms with Gasteiger partial charge in [-0.3, -0.25) is 0 Å². The minimum Gasteiger partial charge on any atom is -0.790 e. The quantitative estimate of drug-likeness (QED) is 0.347. The summed E-state index contributed by atoms with van der Waals surface area (Å²) in [6.45, 7) is 4.07. The topological polar surface area (TPSA) is 72.4 Å². The molecule has 80 valence electrons. The molecule has 0 radical (unpaired) electrons. The van der Waals surface area contributed by atoms with Crippen molar-refractivity contribution in [2.75, 3.05) is 6.61 Å². The summed E-state index contributed by atoms with van der Waals surface area (Å²) in [7, 11) is -4.76. The van der Waals surface area contributed by atoms with Crippen molar-refractivity contribution in [3.05, 3.63) is 0 Å². The second kappa shape index (κ2) is 13.8. The Balaban J connectivity index is -0.000000720. The molecule has 0 bridgehead atoms. The maximum Gasteiger partial charge on any atom is 1.00 e. The fourth-order valence-electron chi connectivity index (χ4n) is 1.09. The summed E-state index contributed by atoms with van der Waals surface area (Å²) in [4.78, 5) is 20.4. The van der Waals surface area contributed by atoms with Gasteiger partial charge < -0.3 is 18.9 Å². The Morgan fingerprint density at radius 1 is 1.27 bits per heavy atom. The van der Waals surface area contributed by atoms with Crippen LogP contribution in [0.4, 0.5) is 0 Å². The molecular formula is C8H17K2O4P. The van der Waals surface area contributed by atoms with E-state index in [1.165, 1.54) is 0 Å². The van der Waals surface area contributed by atoms with Gasteiger partial charge in [0.1, 0.15) is 0 Å². The van der Waals surface area contributed by atoms with Crippen molar-refractivity contribution in [2.24, 2.45) is 5.92 Å². The molecule has 0 spiro atoms. The van der Waals surface area contributed by atoms with Crippen LogP contribution < -0.4 is 113 Å². The van der Waals surface area contributed by atoms with E-state index in [1.807, 2.05) is 6.92 Å². The summed E-state index contributed by atoms with van der Waals surface area (Å²) >= 11 is 0. The van der Waals surface area contributed by atoms with E-state index in [-0.39, 0.29) is 115 Å². The Morgan fingerprint density at radius 3 is 2.13 bits per heavy atom. The van der Waals surface area contributed by atoms with E-state index < -0.39 is 7.82 Å².